The van der Waals surface area contributed by atoms with Gasteiger partial charge in [-0.05, 0) is 26.0 Å². The standard InChI is InChI=1S/C11H19N3O3S/c1-9(2)14(7-8-17-3)18(15,16)10-5-4-6-13-11(10)12/h4-6,9H,7-8H2,1-3H3,(H2,12,13). The maximum absolute atomic E-state index is 12.5. The molecule has 1 rings (SSSR count). The summed E-state index contributed by atoms with van der Waals surface area (Å²) in [6.07, 6.45) is 1.46. The average molecular weight is 273 g/mol. The van der Waals surface area contributed by atoms with Gasteiger partial charge in [0.05, 0.1) is 6.61 Å². The number of pyridine rings is 1. The van der Waals surface area contributed by atoms with Gasteiger partial charge in [-0.1, -0.05) is 0 Å². The smallest absolute Gasteiger partial charge is 0.247 e. The van der Waals surface area contributed by atoms with Gasteiger partial charge in [0, 0.05) is 25.9 Å². The third-order valence-corrected chi connectivity index (χ3v) is 4.60. The summed E-state index contributed by atoms with van der Waals surface area (Å²) in [6.45, 7) is 4.22. The Morgan fingerprint density at radius 1 is 1.50 bits per heavy atom. The fraction of sp³-hybridized carbons (Fsp3) is 0.545. The van der Waals surface area contributed by atoms with Gasteiger partial charge in [-0.2, -0.15) is 4.31 Å². The molecule has 1 aromatic rings. The van der Waals surface area contributed by atoms with Crippen LogP contribution in [-0.2, 0) is 14.8 Å². The second-order valence-corrected chi connectivity index (χ2v) is 5.95. The Morgan fingerprint density at radius 3 is 2.67 bits per heavy atom. The van der Waals surface area contributed by atoms with E-state index in [0.717, 1.165) is 0 Å². The molecule has 2 N–H and O–H groups in total. The molecule has 0 atom stereocenters. The van der Waals surface area contributed by atoms with Crippen molar-refractivity contribution in [3.8, 4) is 0 Å². The molecule has 7 heteroatoms. The minimum Gasteiger partial charge on any atom is -0.383 e. The van der Waals surface area contributed by atoms with Gasteiger partial charge in [-0.25, -0.2) is 13.4 Å². The Balaban J connectivity index is 3.14. The first-order valence-electron chi connectivity index (χ1n) is 5.62. The molecule has 0 fully saturated rings. The van der Waals surface area contributed by atoms with Gasteiger partial charge in [-0.15, -0.1) is 0 Å². The monoisotopic (exact) mass is 273 g/mol. The van der Waals surface area contributed by atoms with Crippen molar-refractivity contribution in [2.75, 3.05) is 26.0 Å². The van der Waals surface area contributed by atoms with Crippen LogP contribution in [0.2, 0.25) is 0 Å². The van der Waals surface area contributed by atoms with Crippen LogP contribution in [0.15, 0.2) is 23.2 Å². The summed E-state index contributed by atoms with van der Waals surface area (Å²) < 4.78 is 31.2. The van der Waals surface area contributed by atoms with E-state index in [-0.39, 0.29) is 23.3 Å². The lowest BCUT2D eigenvalue weighted by molar-refractivity contribution is 0.171. The Kier molecular flexibility index (Phi) is 5.06. The minimum atomic E-state index is -3.64. The van der Waals surface area contributed by atoms with Crippen molar-refractivity contribution < 1.29 is 13.2 Å². The van der Waals surface area contributed by atoms with Crippen molar-refractivity contribution in [1.82, 2.24) is 9.29 Å². The van der Waals surface area contributed by atoms with Crippen LogP contribution in [0.3, 0.4) is 0 Å². The molecule has 18 heavy (non-hydrogen) atoms. The predicted octanol–water partition coefficient (Wildman–Crippen LogP) is 0.709. The summed E-state index contributed by atoms with van der Waals surface area (Å²) >= 11 is 0. The number of aromatic nitrogens is 1. The van der Waals surface area contributed by atoms with Crippen LogP contribution in [-0.4, -0.2) is 44.0 Å². The third kappa shape index (κ3) is 3.18. The molecule has 0 unspecified atom stereocenters. The molecule has 0 aromatic carbocycles. The molecule has 0 radical (unpaired) electrons. The fourth-order valence-electron chi connectivity index (χ4n) is 1.58. The number of nitrogens with two attached hydrogens (primary N) is 1. The van der Waals surface area contributed by atoms with Gasteiger partial charge in [0.1, 0.15) is 10.7 Å². The summed E-state index contributed by atoms with van der Waals surface area (Å²) in [5.74, 6) is 0.0144. The SMILES string of the molecule is COCCN(C(C)C)S(=O)(=O)c1cccnc1N. The van der Waals surface area contributed by atoms with Gasteiger partial charge in [0.25, 0.3) is 0 Å². The molecule has 1 aromatic heterocycles. The summed E-state index contributed by atoms with van der Waals surface area (Å²) in [4.78, 5) is 3.84. The van der Waals surface area contributed by atoms with Crippen LogP contribution in [0.4, 0.5) is 5.82 Å². The van der Waals surface area contributed by atoms with E-state index < -0.39 is 10.0 Å². The highest BCUT2D eigenvalue weighted by atomic mass is 32.2. The molecule has 102 valence electrons. The van der Waals surface area contributed by atoms with Crippen molar-refractivity contribution in [1.29, 1.82) is 0 Å². The number of sulfonamides is 1. The number of methoxy groups -OCH3 is 1. The predicted molar refractivity (Wildman–Crippen MR) is 69.6 cm³/mol. The highest BCUT2D eigenvalue weighted by Gasteiger charge is 2.28. The zero-order valence-corrected chi connectivity index (χ0v) is 11.6. The number of rotatable bonds is 6. The lowest BCUT2D eigenvalue weighted by Gasteiger charge is -2.25. The molecule has 0 amide bonds. The van der Waals surface area contributed by atoms with Gasteiger partial charge in [0.15, 0.2) is 0 Å². The Morgan fingerprint density at radius 2 is 2.17 bits per heavy atom. The quantitative estimate of drug-likeness (QED) is 0.825. The highest BCUT2D eigenvalue weighted by molar-refractivity contribution is 7.89. The lowest BCUT2D eigenvalue weighted by atomic mass is 10.4. The molecule has 0 aliphatic rings. The van der Waals surface area contributed by atoms with Crippen molar-refractivity contribution in [2.45, 2.75) is 24.8 Å². The third-order valence-electron chi connectivity index (χ3n) is 2.48. The molecular weight excluding hydrogens is 254 g/mol. The Hall–Kier alpha value is -1.18. The normalized spacial score (nSPS) is 12.3. The van der Waals surface area contributed by atoms with E-state index in [4.69, 9.17) is 10.5 Å². The largest absolute Gasteiger partial charge is 0.383 e. The lowest BCUT2D eigenvalue weighted by Crippen LogP contribution is -2.39. The number of ether oxygens (including phenoxy) is 1. The van der Waals surface area contributed by atoms with Crippen molar-refractivity contribution in [3.63, 3.8) is 0 Å². The van der Waals surface area contributed by atoms with E-state index in [1.165, 1.54) is 23.7 Å². The van der Waals surface area contributed by atoms with Gasteiger partial charge >= 0.3 is 0 Å². The second kappa shape index (κ2) is 6.12. The van der Waals surface area contributed by atoms with Gasteiger partial charge in [-0.3, -0.25) is 0 Å². The molecule has 1 heterocycles. The number of hydrogen-bond acceptors (Lipinski definition) is 5. The van der Waals surface area contributed by atoms with Crippen LogP contribution < -0.4 is 5.73 Å². The van der Waals surface area contributed by atoms with Gasteiger partial charge < -0.3 is 10.5 Å². The van der Waals surface area contributed by atoms with Crippen LogP contribution in [0, 0.1) is 0 Å². The number of anilines is 1. The van der Waals surface area contributed by atoms with Crippen LogP contribution in [0.25, 0.3) is 0 Å². The first-order valence-corrected chi connectivity index (χ1v) is 7.06. The maximum Gasteiger partial charge on any atom is 0.247 e. The van der Waals surface area contributed by atoms with E-state index in [1.807, 2.05) is 0 Å². The molecule has 0 aliphatic heterocycles. The van der Waals surface area contributed by atoms with Gasteiger partial charge in [0.2, 0.25) is 10.0 Å². The first-order chi connectivity index (χ1) is 8.41. The van der Waals surface area contributed by atoms with Crippen LogP contribution in [0.1, 0.15) is 13.8 Å². The van der Waals surface area contributed by atoms with Crippen molar-refractivity contribution >= 4 is 15.8 Å². The van der Waals surface area contributed by atoms with E-state index in [0.29, 0.717) is 6.61 Å². The molecule has 6 nitrogen and oxygen atoms in total. The Labute approximate surface area is 108 Å². The van der Waals surface area contributed by atoms with E-state index in [2.05, 4.69) is 4.98 Å². The summed E-state index contributed by atoms with van der Waals surface area (Å²) in [5.41, 5.74) is 5.63. The molecular formula is C11H19N3O3S. The zero-order chi connectivity index (χ0) is 13.8. The highest BCUT2D eigenvalue weighted by Crippen LogP contribution is 2.21. The molecule has 0 bridgehead atoms. The van der Waals surface area contributed by atoms with E-state index in [1.54, 1.807) is 19.9 Å². The summed E-state index contributed by atoms with van der Waals surface area (Å²) in [6, 6.07) is 2.84. The molecule has 0 saturated carbocycles. The molecule has 0 saturated heterocycles. The number of nitrogen functional groups attached to an aromatic ring is 1. The van der Waals surface area contributed by atoms with Crippen LogP contribution >= 0.6 is 0 Å². The van der Waals surface area contributed by atoms with Crippen molar-refractivity contribution in [2.24, 2.45) is 0 Å². The number of hydrogen-bond donors (Lipinski definition) is 1. The van der Waals surface area contributed by atoms with E-state index >= 15 is 0 Å². The van der Waals surface area contributed by atoms with Crippen LogP contribution in [0.5, 0.6) is 0 Å². The van der Waals surface area contributed by atoms with Crippen molar-refractivity contribution in [3.05, 3.63) is 18.3 Å². The Bertz CT molecular complexity index is 488. The minimum absolute atomic E-state index is 0.0144. The maximum atomic E-state index is 12.5. The van der Waals surface area contributed by atoms with E-state index in [9.17, 15) is 8.42 Å². The average Bonchev–Trinajstić information content (AvgIpc) is 2.29. The summed E-state index contributed by atoms with van der Waals surface area (Å²) in [7, 11) is -2.11. The molecule has 0 aliphatic carbocycles. The second-order valence-electron chi connectivity index (χ2n) is 4.09. The number of nitrogens with zero attached hydrogens (tertiary/aromatic N) is 2. The first kappa shape index (κ1) is 14.9. The topological polar surface area (TPSA) is 85.5 Å². The fourth-order valence-corrected chi connectivity index (χ4v) is 3.27. The summed E-state index contributed by atoms with van der Waals surface area (Å²) in [5, 5.41) is 0. The molecule has 0 spiro atoms. The zero-order valence-electron chi connectivity index (χ0n) is 10.8.